The zero-order valence-corrected chi connectivity index (χ0v) is 19.0. The fraction of sp³-hybridized carbons (Fsp3) is 0.667. The molecule has 1 aliphatic carbocycles. The summed E-state index contributed by atoms with van der Waals surface area (Å²) in [5.74, 6) is -0.0311. The minimum Gasteiger partial charge on any atom is -0.376 e. The fourth-order valence-electron chi connectivity index (χ4n) is 4.23. The number of carbonyl (C=O) groups is 1. The van der Waals surface area contributed by atoms with Crippen LogP contribution in [-0.2, 0) is 9.53 Å². The molecule has 1 saturated carbocycles. The highest BCUT2D eigenvalue weighted by molar-refractivity contribution is 8.00. The topological polar surface area (TPSA) is 73.2 Å². The molecule has 3 heterocycles. The molecule has 29 heavy (non-hydrogen) atoms. The number of aromatic nitrogens is 2. The van der Waals surface area contributed by atoms with Crippen LogP contribution in [0.3, 0.4) is 0 Å². The number of nitrogens with zero attached hydrogens (tertiary/aromatic N) is 2. The number of thioether (sulfide) groups is 1. The van der Waals surface area contributed by atoms with E-state index in [9.17, 15) is 9.59 Å². The molecule has 0 aromatic carbocycles. The van der Waals surface area contributed by atoms with Crippen LogP contribution in [-0.4, -0.2) is 40.0 Å². The number of amides is 1. The maximum Gasteiger partial charge on any atom is 0.263 e. The minimum atomic E-state index is -0.324. The SMILES string of the molecule is Cc1sc2nc(S[C@H](C)C(=O)NC[C@@H]3CCCO3)n(C3CCCC3)c(=O)c2c1C. The molecule has 6 nitrogen and oxygen atoms in total. The summed E-state index contributed by atoms with van der Waals surface area (Å²) >= 11 is 2.96. The molecule has 0 radical (unpaired) electrons. The molecule has 1 saturated heterocycles. The molecule has 2 fully saturated rings. The van der Waals surface area contributed by atoms with Crippen LogP contribution in [0, 0.1) is 13.8 Å². The van der Waals surface area contributed by atoms with Gasteiger partial charge in [0, 0.05) is 24.1 Å². The number of rotatable bonds is 6. The first kappa shape index (κ1) is 20.9. The first-order valence-corrected chi connectivity index (χ1v) is 12.2. The lowest BCUT2D eigenvalue weighted by Gasteiger charge is -2.20. The highest BCUT2D eigenvalue weighted by Crippen LogP contribution is 2.35. The van der Waals surface area contributed by atoms with Crippen LogP contribution in [0.4, 0.5) is 0 Å². The molecule has 0 bridgehead atoms. The lowest BCUT2D eigenvalue weighted by atomic mass is 10.2. The molecule has 2 atom stereocenters. The highest BCUT2D eigenvalue weighted by Gasteiger charge is 2.27. The van der Waals surface area contributed by atoms with Crippen LogP contribution >= 0.6 is 23.1 Å². The number of carbonyl (C=O) groups excluding carboxylic acids is 1. The number of ether oxygens (including phenoxy) is 1. The average molecular weight is 436 g/mol. The summed E-state index contributed by atoms with van der Waals surface area (Å²) in [5, 5.41) is 4.10. The van der Waals surface area contributed by atoms with Gasteiger partial charge >= 0.3 is 0 Å². The molecule has 2 aromatic rings. The van der Waals surface area contributed by atoms with E-state index >= 15 is 0 Å². The first-order valence-electron chi connectivity index (χ1n) is 10.5. The predicted molar refractivity (Wildman–Crippen MR) is 118 cm³/mol. The van der Waals surface area contributed by atoms with Gasteiger partial charge in [0.2, 0.25) is 5.91 Å². The largest absolute Gasteiger partial charge is 0.376 e. The van der Waals surface area contributed by atoms with Crippen LogP contribution in [0.25, 0.3) is 10.2 Å². The van der Waals surface area contributed by atoms with E-state index < -0.39 is 0 Å². The van der Waals surface area contributed by atoms with E-state index in [1.165, 1.54) is 11.8 Å². The second-order valence-corrected chi connectivity index (χ2v) is 10.6. The number of fused-ring (bicyclic) bond motifs is 1. The Labute approximate surface area is 179 Å². The summed E-state index contributed by atoms with van der Waals surface area (Å²) in [7, 11) is 0. The van der Waals surface area contributed by atoms with Crippen molar-refractivity contribution in [3.8, 4) is 0 Å². The van der Waals surface area contributed by atoms with Gasteiger partial charge in [0.15, 0.2) is 5.16 Å². The fourth-order valence-corrected chi connectivity index (χ4v) is 6.30. The Bertz CT molecular complexity index is 956. The second-order valence-electron chi connectivity index (χ2n) is 8.11. The van der Waals surface area contributed by atoms with Gasteiger partial charge < -0.3 is 10.1 Å². The van der Waals surface area contributed by atoms with Gasteiger partial charge in [-0.15, -0.1) is 11.3 Å². The lowest BCUT2D eigenvalue weighted by Crippen LogP contribution is -2.37. The summed E-state index contributed by atoms with van der Waals surface area (Å²) < 4.78 is 7.47. The van der Waals surface area contributed by atoms with Crippen molar-refractivity contribution in [2.75, 3.05) is 13.2 Å². The maximum atomic E-state index is 13.4. The van der Waals surface area contributed by atoms with Gasteiger partial charge in [-0.25, -0.2) is 4.98 Å². The van der Waals surface area contributed by atoms with E-state index in [1.54, 1.807) is 11.3 Å². The molecule has 1 N–H and O–H groups in total. The van der Waals surface area contributed by atoms with Gasteiger partial charge in [0.05, 0.1) is 16.7 Å². The third-order valence-electron chi connectivity index (χ3n) is 6.07. The quantitative estimate of drug-likeness (QED) is 0.549. The summed E-state index contributed by atoms with van der Waals surface area (Å²) in [6.45, 7) is 7.26. The number of nitrogens with one attached hydrogen (secondary N) is 1. The van der Waals surface area contributed by atoms with Crippen LogP contribution in [0.1, 0.15) is 61.9 Å². The van der Waals surface area contributed by atoms with Crippen molar-refractivity contribution in [3.05, 3.63) is 20.8 Å². The van der Waals surface area contributed by atoms with Gasteiger partial charge in [-0.1, -0.05) is 24.6 Å². The number of hydrogen-bond donors (Lipinski definition) is 1. The Kier molecular flexibility index (Phi) is 6.32. The van der Waals surface area contributed by atoms with Crippen molar-refractivity contribution in [1.82, 2.24) is 14.9 Å². The van der Waals surface area contributed by atoms with E-state index in [-0.39, 0.29) is 28.9 Å². The Morgan fingerprint density at radius 3 is 2.76 bits per heavy atom. The molecule has 2 aliphatic rings. The van der Waals surface area contributed by atoms with Gasteiger partial charge in [0.1, 0.15) is 4.83 Å². The van der Waals surface area contributed by atoms with Gasteiger partial charge in [-0.3, -0.25) is 14.2 Å². The molecule has 1 amide bonds. The van der Waals surface area contributed by atoms with Gasteiger partial charge in [-0.05, 0) is 52.0 Å². The van der Waals surface area contributed by atoms with E-state index in [0.717, 1.165) is 65.8 Å². The Hall–Kier alpha value is -1.38. The molecule has 0 spiro atoms. The van der Waals surface area contributed by atoms with Crippen LogP contribution < -0.4 is 10.9 Å². The maximum absolute atomic E-state index is 13.4. The first-order chi connectivity index (χ1) is 14.0. The van der Waals surface area contributed by atoms with Crippen molar-refractivity contribution < 1.29 is 9.53 Å². The lowest BCUT2D eigenvalue weighted by molar-refractivity contribution is -0.120. The minimum absolute atomic E-state index is 0.0311. The predicted octanol–water partition coefficient (Wildman–Crippen LogP) is 3.97. The summed E-state index contributed by atoms with van der Waals surface area (Å²) in [5.41, 5.74) is 1.09. The Balaban J connectivity index is 1.60. The van der Waals surface area contributed by atoms with Crippen molar-refractivity contribution in [2.24, 2.45) is 0 Å². The van der Waals surface area contributed by atoms with E-state index in [1.807, 2.05) is 25.3 Å². The van der Waals surface area contributed by atoms with Crippen molar-refractivity contribution in [1.29, 1.82) is 0 Å². The zero-order valence-electron chi connectivity index (χ0n) is 17.3. The second kappa shape index (κ2) is 8.78. The number of aryl methyl sites for hydroxylation is 2. The van der Waals surface area contributed by atoms with E-state index in [0.29, 0.717) is 11.7 Å². The Morgan fingerprint density at radius 2 is 2.07 bits per heavy atom. The molecule has 2 aromatic heterocycles. The zero-order chi connectivity index (χ0) is 20.5. The Morgan fingerprint density at radius 1 is 1.31 bits per heavy atom. The van der Waals surface area contributed by atoms with Crippen LogP contribution in [0.2, 0.25) is 0 Å². The number of thiophene rings is 1. The van der Waals surface area contributed by atoms with Gasteiger partial charge in [0.25, 0.3) is 5.56 Å². The summed E-state index contributed by atoms with van der Waals surface area (Å²) in [4.78, 5) is 32.8. The van der Waals surface area contributed by atoms with Crippen LogP contribution in [0.5, 0.6) is 0 Å². The van der Waals surface area contributed by atoms with Crippen molar-refractivity contribution in [3.63, 3.8) is 0 Å². The van der Waals surface area contributed by atoms with E-state index in [2.05, 4.69) is 5.32 Å². The van der Waals surface area contributed by atoms with Gasteiger partial charge in [-0.2, -0.15) is 0 Å². The van der Waals surface area contributed by atoms with Crippen LogP contribution in [0.15, 0.2) is 9.95 Å². The highest BCUT2D eigenvalue weighted by atomic mass is 32.2. The third-order valence-corrected chi connectivity index (χ3v) is 8.24. The average Bonchev–Trinajstić information content (AvgIpc) is 3.43. The molecule has 0 unspecified atom stereocenters. The molecule has 1 aliphatic heterocycles. The monoisotopic (exact) mass is 435 g/mol. The molecule has 158 valence electrons. The third kappa shape index (κ3) is 4.25. The van der Waals surface area contributed by atoms with Crippen molar-refractivity contribution >= 4 is 39.2 Å². The molecule has 8 heteroatoms. The van der Waals surface area contributed by atoms with E-state index in [4.69, 9.17) is 9.72 Å². The molecular formula is C21H29N3O3S2. The smallest absolute Gasteiger partial charge is 0.263 e. The van der Waals surface area contributed by atoms with Crippen molar-refractivity contribution in [2.45, 2.75) is 81.8 Å². The molecular weight excluding hydrogens is 406 g/mol. The summed E-state index contributed by atoms with van der Waals surface area (Å²) in [6, 6.07) is 0.184. The normalized spacial score (nSPS) is 21.1. The molecule has 4 rings (SSSR count). The standard InChI is InChI=1S/C21H29N3O3S2/c1-12-13(2)28-19-17(12)20(26)24(15-7-4-5-8-15)21(23-19)29-14(3)18(25)22-11-16-9-6-10-27-16/h14-16H,4-11H2,1-3H3,(H,22,25)/t14-,16+/m1/s1. The summed E-state index contributed by atoms with van der Waals surface area (Å²) in [6.07, 6.45) is 6.46. The number of hydrogen-bond acceptors (Lipinski definition) is 6.